The summed E-state index contributed by atoms with van der Waals surface area (Å²) in [5.41, 5.74) is 0.981. The van der Waals surface area contributed by atoms with Crippen LogP contribution >= 0.6 is 23.1 Å². The number of hydrogen-bond donors (Lipinski definition) is 1. The summed E-state index contributed by atoms with van der Waals surface area (Å²) in [4.78, 5) is 18.3. The minimum Gasteiger partial charge on any atom is -0.389 e. The van der Waals surface area contributed by atoms with Crippen molar-refractivity contribution in [1.29, 1.82) is 0 Å². The third-order valence-electron chi connectivity index (χ3n) is 3.07. The van der Waals surface area contributed by atoms with Crippen LogP contribution in [0.25, 0.3) is 10.2 Å². The Morgan fingerprint density at radius 3 is 2.95 bits per heavy atom. The first-order valence-corrected chi connectivity index (χ1v) is 7.82. The van der Waals surface area contributed by atoms with Crippen LogP contribution in [0.2, 0.25) is 0 Å². The fourth-order valence-electron chi connectivity index (χ4n) is 2.00. The van der Waals surface area contributed by atoms with Crippen LogP contribution in [0.1, 0.15) is 6.92 Å². The Morgan fingerprint density at radius 1 is 1.53 bits per heavy atom. The molecule has 19 heavy (non-hydrogen) atoms. The second kappa shape index (κ2) is 5.11. The van der Waals surface area contributed by atoms with Crippen molar-refractivity contribution in [3.63, 3.8) is 0 Å². The van der Waals surface area contributed by atoms with Crippen LogP contribution in [0.3, 0.4) is 0 Å². The fraction of sp³-hybridized carbons (Fsp3) is 0.385. The third-order valence-corrected chi connectivity index (χ3v) is 5.29. The zero-order valence-corrected chi connectivity index (χ0v) is 12.1. The molecule has 2 heterocycles. The van der Waals surface area contributed by atoms with Gasteiger partial charge in [-0.25, -0.2) is 4.98 Å². The van der Waals surface area contributed by atoms with Gasteiger partial charge in [-0.05, 0) is 19.1 Å². The largest absolute Gasteiger partial charge is 0.389 e. The normalized spacial score (nSPS) is 17.5. The number of fused-ring (bicyclic) bond motifs is 1. The van der Waals surface area contributed by atoms with E-state index < -0.39 is 0 Å². The molecule has 1 aliphatic rings. The summed E-state index contributed by atoms with van der Waals surface area (Å²) in [7, 11) is 0. The number of rotatable bonds is 3. The molecule has 1 aromatic heterocycles. The van der Waals surface area contributed by atoms with Crippen LogP contribution in [-0.4, -0.2) is 45.3 Å². The number of aromatic nitrogens is 1. The van der Waals surface area contributed by atoms with Gasteiger partial charge in [-0.3, -0.25) is 4.79 Å². The Bertz CT molecular complexity index is 574. The standard InChI is InChI=1S/C13H14N2O2S2/c1-8(12(17)15-6-9(16)7-15)18-13-14-10-4-2-3-5-11(10)19-13/h2-5,8-9,16H,6-7H2,1H3. The number of carbonyl (C=O) groups is 1. The van der Waals surface area contributed by atoms with E-state index in [4.69, 9.17) is 0 Å². The number of aliphatic hydroxyl groups excluding tert-OH is 1. The number of thiazole rings is 1. The topological polar surface area (TPSA) is 53.4 Å². The third kappa shape index (κ3) is 2.61. The monoisotopic (exact) mass is 294 g/mol. The molecule has 1 N–H and O–H groups in total. The summed E-state index contributed by atoms with van der Waals surface area (Å²) in [6, 6.07) is 7.97. The Hall–Kier alpha value is -1.11. The maximum atomic E-state index is 12.1. The van der Waals surface area contributed by atoms with Crippen LogP contribution in [0.5, 0.6) is 0 Å². The lowest BCUT2D eigenvalue weighted by molar-refractivity contribution is -0.140. The smallest absolute Gasteiger partial charge is 0.236 e. The van der Waals surface area contributed by atoms with Crippen molar-refractivity contribution in [1.82, 2.24) is 9.88 Å². The van der Waals surface area contributed by atoms with Crippen LogP contribution in [0.4, 0.5) is 0 Å². The summed E-state index contributed by atoms with van der Waals surface area (Å²) in [6.07, 6.45) is -0.344. The lowest BCUT2D eigenvalue weighted by Crippen LogP contribution is -2.55. The second-order valence-electron chi connectivity index (χ2n) is 4.60. The van der Waals surface area contributed by atoms with E-state index >= 15 is 0 Å². The summed E-state index contributed by atoms with van der Waals surface area (Å²) in [5, 5.41) is 9.06. The Morgan fingerprint density at radius 2 is 2.26 bits per heavy atom. The predicted octanol–water partition coefficient (Wildman–Crippen LogP) is 1.98. The van der Waals surface area contributed by atoms with Gasteiger partial charge in [0, 0.05) is 13.1 Å². The van der Waals surface area contributed by atoms with Crippen molar-refractivity contribution >= 4 is 39.2 Å². The number of carbonyl (C=O) groups excluding carboxylic acids is 1. The van der Waals surface area contributed by atoms with E-state index in [1.165, 1.54) is 11.8 Å². The van der Waals surface area contributed by atoms with E-state index in [9.17, 15) is 9.90 Å². The molecule has 1 unspecified atom stereocenters. The minimum atomic E-state index is -0.344. The van der Waals surface area contributed by atoms with E-state index in [0.717, 1.165) is 14.6 Å². The van der Waals surface area contributed by atoms with Crippen LogP contribution in [-0.2, 0) is 4.79 Å². The molecule has 0 radical (unpaired) electrons. The van der Waals surface area contributed by atoms with Crippen molar-refractivity contribution in [3.05, 3.63) is 24.3 Å². The molecule has 0 aliphatic carbocycles. The lowest BCUT2D eigenvalue weighted by atomic mass is 10.1. The van der Waals surface area contributed by atoms with E-state index in [-0.39, 0.29) is 17.3 Å². The molecule has 0 spiro atoms. The van der Waals surface area contributed by atoms with Gasteiger partial charge in [0.05, 0.1) is 21.6 Å². The van der Waals surface area contributed by atoms with Crippen LogP contribution in [0.15, 0.2) is 28.6 Å². The first-order chi connectivity index (χ1) is 9.13. The van der Waals surface area contributed by atoms with Gasteiger partial charge < -0.3 is 10.0 Å². The summed E-state index contributed by atoms with van der Waals surface area (Å²) in [6.45, 7) is 2.82. The molecule has 1 fully saturated rings. The highest BCUT2D eigenvalue weighted by Gasteiger charge is 2.32. The van der Waals surface area contributed by atoms with Crippen molar-refractivity contribution in [2.75, 3.05) is 13.1 Å². The van der Waals surface area contributed by atoms with Gasteiger partial charge in [-0.1, -0.05) is 23.9 Å². The maximum Gasteiger partial charge on any atom is 0.236 e. The number of β-amino-alcohol motifs (C(OH)–C–C–N with tert-alkyl or cyclic N) is 1. The average Bonchev–Trinajstić information content (AvgIpc) is 2.76. The van der Waals surface area contributed by atoms with Crippen LogP contribution < -0.4 is 0 Å². The number of aliphatic hydroxyl groups is 1. The number of thioether (sulfide) groups is 1. The van der Waals surface area contributed by atoms with Gasteiger partial charge in [-0.2, -0.15) is 0 Å². The van der Waals surface area contributed by atoms with Gasteiger partial charge >= 0.3 is 0 Å². The highest BCUT2D eigenvalue weighted by atomic mass is 32.2. The Labute approximate surface area is 119 Å². The molecular formula is C13H14N2O2S2. The highest BCUT2D eigenvalue weighted by Crippen LogP contribution is 2.32. The van der Waals surface area contributed by atoms with Crippen molar-refractivity contribution in [2.24, 2.45) is 0 Å². The Kier molecular flexibility index (Phi) is 3.47. The molecule has 6 heteroatoms. The van der Waals surface area contributed by atoms with E-state index in [1.807, 2.05) is 31.2 Å². The van der Waals surface area contributed by atoms with Gasteiger partial charge in [-0.15, -0.1) is 11.3 Å². The predicted molar refractivity (Wildman–Crippen MR) is 77.5 cm³/mol. The van der Waals surface area contributed by atoms with Gasteiger partial charge in [0.15, 0.2) is 4.34 Å². The second-order valence-corrected chi connectivity index (χ2v) is 7.22. The molecule has 0 bridgehead atoms. The molecular weight excluding hydrogens is 280 g/mol. The summed E-state index contributed by atoms with van der Waals surface area (Å²) >= 11 is 3.10. The van der Waals surface area contributed by atoms with Gasteiger partial charge in [0.2, 0.25) is 5.91 Å². The van der Waals surface area contributed by atoms with E-state index in [2.05, 4.69) is 4.98 Å². The first-order valence-electron chi connectivity index (χ1n) is 6.12. The van der Waals surface area contributed by atoms with Gasteiger partial charge in [0.25, 0.3) is 0 Å². The molecule has 0 saturated carbocycles. The minimum absolute atomic E-state index is 0.0783. The number of para-hydroxylation sites is 1. The molecule has 1 aromatic carbocycles. The molecule has 1 saturated heterocycles. The van der Waals surface area contributed by atoms with Crippen molar-refractivity contribution < 1.29 is 9.90 Å². The fourth-order valence-corrected chi connectivity index (χ4v) is 4.29. The molecule has 3 rings (SSSR count). The molecule has 1 atom stereocenters. The van der Waals surface area contributed by atoms with E-state index in [0.29, 0.717) is 13.1 Å². The number of benzene rings is 1. The lowest BCUT2D eigenvalue weighted by Gasteiger charge is -2.37. The zero-order valence-electron chi connectivity index (χ0n) is 10.4. The highest BCUT2D eigenvalue weighted by molar-refractivity contribution is 8.02. The molecule has 4 nitrogen and oxygen atoms in total. The quantitative estimate of drug-likeness (QED) is 0.880. The molecule has 1 aliphatic heterocycles. The number of likely N-dealkylation sites (tertiary alicyclic amines) is 1. The molecule has 1 amide bonds. The maximum absolute atomic E-state index is 12.1. The average molecular weight is 294 g/mol. The van der Waals surface area contributed by atoms with Gasteiger partial charge in [0.1, 0.15) is 0 Å². The SMILES string of the molecule is CC(Sc1nc2ccccc2s1)C(=O)N1CC(O)C1. The summed E-state index contributed by atoms with van der Waals surface area (Å²) in [5.74, 6) is 0.0783. The number of hydrogen-bond acceptors (Lipinski definition) is 5. The Balaban J connectivity index is 1.68. The summed E-state index contributed by atoms with van der Waals surface area (Å²) < 4.78 is 2.06. The first kappa shape index (κ1) is 12.9. The number of nitrogens with zero attached hydrogens (tertiary/aromatic N) is 2. The number of amides is 1. The molecule has 100 valence electrons. The zero-order chi connectivity index (χ0) is 13.4. The van der Waals surface area contributed by atoms with E-state index in [1.54, 1.807) is 16.2 Å². The van der Waals surface area contributed by atoms with Crippen molar-refractivity contribution in [2.45, 2.75) is 22.6 Å². The van der Waals surface area contributed by atoms with Crippen molar-refractivity contribution in [3.8, 4) is 0 Å². The van der Waals surface area contributed by atoms with Crippen LogP contribution in [0, 0.1) is 0 Å². The molecule has 2 aromatic rings.